The minimum atomic E-state index is -3.97. The summed E-state index contributed by atoms with van der Waals surface area (Å²) in [5.41, 5.74) is 0.497. The maximum atomic E-state index is 13.4. The van der Waals surface area contributed by atoms with E-state index >= 15 is 0 Å². The number of likely N-dealkylation sites (tertiary alicyclic amines) is 1. The number of piperidine rings is 1. The molecule has 2 unspecified atom stereocenters. The second-order valence-electron chi connectivity index (χ2n) is 8.30. The van der Waals surface area contributed by atoms with Gasteiger partial charge in [-0.3, -0.25) is 9.59 Å². The first-order valence-corrected chi connectivity index (χ1v) is 11.8. The van der Waals surface area contributed by atoms with Crippen LogP contribution in [0.1, 0.15) is 33.0 Å². The average Bonchev–Trinajstić information content (AvgIpc) is 3.20. The summed E-state index contributed by atoms with van der Waals surface area (Å²) in [6.07, 6.45) is 2.52. The van der Waals surface area contributed by atoms with E-state index in [4.69, 9.17) is 4.42 Å². The predicted molar refractivity (Wildman–Crippen MR) is 117 cm³/mol. The molecule has 0 radical (unpaired) electrons. The summed E-state index contributed by atoms with van der Waals surface area (Å²) < 4.78 is 33.2. The summed E-state index contributed by atoms with van der Waals surface area (Å²) >= 11 is 0. The predicted octanol–water partition coefficient (Wildman–Crippen LogP) is 2.93. The molecular formula is C22H29N3O5S. The van der Waals surface area contributed by atoms with E-state index in [-0.39, 0.29) is 29.8 Å². The summed E-state index contributed by atoms with van der Waals surface area (Å²) in [6, 6.07) is 9.25. The molecule has 9 heteroatoms. The summed E-state index contributed by atoms with van der Waals surface area (Å²) in [6.45, 7) is 6.52. The lowest BCUT2D eigenvalue weighted by Gasteiger charge is -2.36. The zero-order valence-electron chi connectivity index (χ0n) is 18.1. The molecule has 1 aromatic carbocycles. The molecule has 1 N–H and O–H groups in total. The monoisotopic (exact) mass is 447 g/mol. The Morgan fingerprint density at radius 3 is 2.32 bits per heavy atom. The molecule has 0 saturated carbocycles. The van der Waals surface area contributed by atoms with E-state index in [2.05, 4.69) is 19.2 Å². The fourth-order valence-corrected chi connectivity index (χ4v) is 5.34. The molecule has 8 nitrogen and oxygen atoms in total. The molecule has 0 spiro atoms. The normalized spacial score (nSPS) is 19.4. The molecule has 2 heterocycles. The standard InChI is InChI=1S/C22H29N3O5S/c1-16-11-17(2)13-24(12-16)22(27)15-25(14-20-5-4-10-30-20)31(28,29)21-8-6-19(7-9-21)23-18(3)26/h4-10,16-17H,11-15H2,1-3H3,(H,23,26). The maximum absolute atomic E-state index is 13.4. The van der Waals surface area contributed by atoms with Crippen molar-refractivity contribution in [3.8, 4) is 0 Å². The molecule has 2 aromatic rings. The number of anilines is 1. The van der Waals surface area contributed by atoms with Crippen molar-refractivity contribution in [2.24, 2.45) is 11.8 Å². The van der Waals surface area contributed by atoms with Crippen LogP contribution >= 0.6 is 0 Å². The number of hydrogen-bond acceptors (Lipinski definition) is 5. The van der Waals surface area contributed by atoms with E-state index in [9.17, 15) is 18.0 Å². The van der Waals surface area contributed by atoms with E-state index in [1.807, 2.05) is 0 Å². The highest BCUT2D eigenvalue weighted by Gasteiger charge is 2.32. The zero-order valence-corrected chi connectivity index (χ0v) is 18.9. The third-order valence-electron chi connectivity index (χ3n) is 5.26. The van der Waals surface area contributed by atoms with Crippen molar-refractivity contribution in [3.05, 3.63) is 48.4 Å². The van der Waals surface area contributed by atoms with Crippen LogP contribution in [0.3, 0.4) is 0 Å². The number of benzene rings is 1. The quantitative estimate of drug-likeness (QED) is 0.703. The Bertz CT molecular complexity index is 992. The van der Waals surface area contributed by atoms with Gasteiger partial charge in [0, 0.05) is 25.7 Å². The lowest BCUT2D eigenvalue weighted by Crippen LogP contribution is -2.47. The topological polar surface area (TPSA) is 99.9 Å². The molecule has 1 fully saturated rings. The number of rotatable bonds is 7. The molecule has 1 aliphatic rings. The molecule has 2 atom stereocenters. The number of nitrogens with one attached hydrogen (secondary N) is 1. The molecule has 3 rings (SSSR count). The summed E-state index contributed by atoms with van der Waals surface area (Å²) in [4.78, 5) is 26.0. The fraction of sp³-hybridized carbons (Fsp3) is 0.455. The van der Waals surface area contributed by atoms with Crippen molar-refractivity contribution in [1.29, 1.82) is 0 Å². The van der Waals surface area contributed by atoms with Crippen molar-refractivity contribution < 1.29 is 22.4 Å². The van der Waals surface area contributed by atoms with E-state index in [1.165, 1.54) is 37.5 Å². The Hall–Kier alpha value is -2.65. The average molecular weight is 448 g/mol. The van der Waals surface area contributed by atoms with E-state index in [0.717, 1.165) is 10.7 Å². The van der Waals surface area contributed by atoms with Crippen molar-refractivity contribution in [3.63, 3.8) is 0 Å². The van der Waals surface area contributed by atoms with E-state index in [1.54, 1.807) is 17.0 Å². The van der Waals surface area contributed by atoms with Gasteiger partial charge in [-0.25, -0.2) is 8.42 Å². The molecule has 0 bridgehead atoms. The van der Waals surface area contributed by atoms with Crippen LogP contribution in [0.5, 0.6) is 0 Å². The van der Waals surface area contributed by atoms with Gasteiger partial charge in [0.2, 0.25) is 21.8 Å². The fourth-order valence-electron chi connectivity index (χ4n) is 3.98. The first-order chi connectivity index (χ1) is 14.6. The van der Waals surface area contributed by atoms with E-state index in [0.29, 0.717) is 36.4 Å². The van der Waals surface area contributed by atoms with Crippen LogP contribution in [0.4, 0.5) is 5.69 Å². The minimum Gasteiger partial charge on any atom is -0.468 e. The minimum absolute atomic E-state index is 0.0429. The Morgan fingerprint density at radius 2 is 1.77 bits per heavy atom. The van der Waals surface area contributed by atoms with Gasteiger partial charge >= 0.3 is 0 Å². The second kappa shape index (κ2) is 9.65. The Morgan fingerprint density at radius 1 is 1.13 bits per heavy atom. The van der Waals surface area contributed by atoms with Gasteiger partial charge in [0.1, 0.15) is 5.76 Å². The van der Waals surface area contributed by atoms with Gasteiger partial charge in [-0.05, 0) is 54.7 Å². The molecule has 0 aliphatic carbocycles. The van der Waals surface area contributed by atoms with Crippen molar-refractivity contribution in [2.75, 3.05) is 25.0 Å². The third kappa shape index (κ3) is 5.95. The lowest BCUT2D eigenvalue weighted by atomic mass is 9.92. The molecule has 1 saturated heterocycles. The zero-order chi connectivity index (χ0) is 22.6. The lowest BCUT2D eigenvalue weighted by molar-refractivity contribution is -0.134. The van der Waals surface area contributed by atoms with Gasteiger partial charge in [-0.1, -0.05) is 13.8 Å². The molecule has 2 amide bonds. The molecule has 168 valence electrons. The van der Waals surface area contributed by atoms with Gasteiger partial charge in [-0.15, -0.1) is 0 Å². The van der Waals surface area contributed by atoms with Gasteiger partial charge in [0.15, 0.2) is 0 Å². The summed E-state index contributed by atoms with van der Waals surface area (Å²) in [5.74, 6) is 0.744. The summed E-state index contributed by atoms with van der Waals surface area (Å²) in [5, 5.41) is 2.61. The maximum Gasteiger partial charge on any atom is 0.243 e. The van der Waals surface area contributed by atoms with Gasteiger partial charge in [-0.2, -0.15) is 4.31 Å². The molecule has 31 heavy (non-hydrogen) atoms. The molecular weight excluding hydrogens is 418 g/mol. The number of sulfonamides is 1. The highest BCUT2D eigenvalue weighted by atomic mass is 32.2. The highest BCUT2D eigenvalue weighted by molar-refractivity contribution is 7.89. The van der Waals surface area contributed by atoms with Crippen LogP contribution in [0.2, 0.25) is 0 Å². The van der Waals surface area contributed by atoms with E-state index < -0.39 is 10.0 Å². The van der Waals surface area contributed by atoms with Gasteiger partial charge in [0.05, 0.1) is 24.2 Å². The van der Waals surface area contributed by atoms with Crippen LogP contribution in [-0.4, -0.2) is 49.1 Å². The number of furan rings is 1. The largest absolute Gasteiger partial charge is 0.468 e. The number of amides is 2. The van der Waals surface area contributed by atoms with Crippen molar-refractivity contribution in [2.45, 2.75) is 38.6 Å². The first kappa shape index (κ1) is 23.0. The van der Waals surface area contributed by atoms with Crippen LogP contribution in [0.25, 0.3) is 0 Å². The highest BCUT2D eigenvalue weighted by Crippen LogP contribution is 2.24. The SMILES string of the molecule is CC(=O)Nc1ccc(S(=O)(=O)N(CC(=O)N2CC(C)CC(C)C2)Cc2ccco2)cc1. The smallest absolute Gasteiger partial charge is 0.243 e. The van der Waals surface area contributed by atoms with Gasteiger partial charge < -0.3 is 14.6 Å². The number of carbonyl (C=O) groups is 2. The molecule has 1 aromatic heterocycles. The Balaban J connectivity index is 1.83. The Labute approximate surface area is 183 Å². The number of hydrogen-bond donors (Lipinski definition) is 1. The first-order valence-electron chi connectivity index (χ1n) is 10.3. The van der Waals surface area contributed by atoms with Crippen LogP contribution in [-0.2, 0) is 26.2 Å². The van der Waals surface area contributed by atoms with Crippen LogP contribution in [0.15, 0.2) is 52.0 Å². The number of nitrogens with zero attached hydrogens (tertiary/aromatic N) is 2. The Kier molecular flexibility index (Phi) is 7.17. The van der Waals surface area contributed by atoms with Gasteiger partial charge in [0.25, 0.3) is 0 Å². The third-order valence-corrected chi connectivity index (χ3v) is 7.06. The summed E-state index contributed by atoms with van der Waals surface area (Å²) in [7, 11) is -3.97. The second-order valence-corrected chi connectivity index (χ2v) is 10.2. The van der Waals surface area contributed by atoms with Crippen LogP contribution in [0, 0.1) is 11.8 Å². The van der Waals surface area contributed by atoms with Crippen molar-refractivity contribution >= 4 is 27.5 Å². The molecule has 1 aliphatic heterocycles. The number of carbonyl (C=O) groups excluding carboxylic acids is 2. The van der Waals surface area contributed by atoms with Crippen LogP contribution < -0.4 is 5.32 Å². The van der Waals surface area contributed by atoms with Crippen molar-refractivity contribution in [1.82, 2.24) is 9.21 Å².